The number of carbonyl (C=O) groups excluding carboxylic acids is 1. The zero-order valence-electron chi connectivity index (χ0n) is 12.4. The van der Waals surface area contributed by atoms with Gasteiger partial charge in [0, 0.05) is 6.04 Å². The summed E-state index contributed by atoms with van der Waals surface area (Å²) in [4.78, 5) is 13.6. The molecule has 0 heterocycles. The van der Waals surface area contributed by atoms with Crippen LogP contribution in [0.1, 0.15) is 12.8 Å². The number of hydrogen-bond acceptors (Lipinski definition) is 4. The molecule has 5 heteroatoms. The molecule has 22 heavy (non-hydrogen) atoms. The van der Waals surface area contributed by atoms with Crippen LogP contribution >= 0.6 is 0 Å². The zero-order valence-corrected chi connectivity index (χ0v) is 13.5. The minimum absolute atomic E-state index is 0.515. The summed E-state index contributed by atoms with van der Waals surface area (Å²) >= 11 is 0. The van der Waals surface area contributed by atoms with E-state index in [1.54, 1.807) is 6.08 Å². The molecule has 0 N–H and O–H groups in total. The van der Waals surface area contributed by atoms with Gasteiger partial charge >= 0.3 is 9.28 Å². The molecule has 0 amide bonds. The first kappa shape index (κ1) is 16.0. The molecule has 0 fully saturated rings. The molecule has 0 aliphatic heterocycles. The van der Waals surface area contributed by atoms with Gasteiger partial charge in [0.2, 0.25) is 6.08 Å². The Bertz CT molecular complexity index is 544. The maximum atomic E-state index is 10.1. The number of rotatable bonds is 9. The summed E-state index contributed by atoms with van der Waals surface area (Å²) in [5.74, 6) is 1.67. The molecule has 0 aromatic heterocycles. The molecule has 0 atom stereocenters. The molecule has 2 rings (SSSR count). The van der Waals surface area contributed by atoms with Crippen molar-refractivity contribution in [2.24, 2.45) is 4.99 Å². The van der Waals surface area contributed by atoms with Crippen molar-refractivity contribution in [1.29, 1.82) is 0 Å². The van der Waals surface area contributed by atoms with Crippen molar-refractivity contribution in [2.75, 3.05) is 6.54 Å². The molecule has 0 saturated heterocycles. The Morgan fingerprint density at radius 1 is 0.864 bits per heavy atom. The van der Waals surface area contributed by atoms with Gasteiger partial charge < -0.3 is 8.85 Å². The number of aliphatic imine (C=N–C) groups is 1. The van der Waals surface area contributed by atoms with Crippen LogP contribution in [0, 0.1) is 0 Å². The van der Waals surface area contributed by atoms with E-state index in [1.165, 1.54) is 0 Å². The fraction of sp³-hybridized carbons (Fsp3) is 0.235. The second kappa shape index (κ2) is 9.55. The summed E-state index contributed by atoms with van der Waals surface area (Å²) in [7, 11) is -1.88. The zero-order chi connectivity index (χ0) is 15.5. The highest BCUT2D eigenvalue weighted by atomic mass is 28.3. The molecular weight excluding hydrogens is 294 g/mol. The van der Waals surface area contributed by atoms with E-state index in [0.717, 1.165) is 30.4 Å². The van der Waals surface area contributed by atoms with Crippen molar-refractivity contribution in [3.63, 3.8) is 0 Å². The molecule has 0 bridgehead atoms. The van der Waals surface area contributed by atoms with Crippen molar-refractivity contribution >= 4 is 15.4 Å². The summed E-state index contributed by atoms with van der Waals surface area (Å²) in [6, 6.07) is 20.3. The third-order valence-corrected chi connectivity index (χ3v) is 5.00. The van der Waals surface area contributed by atoms with Gasteiger partial charge in [0.15, 0.2) is 0 Å². The largest absolute Gasteiger partial charge is 0.514 e. The quantitative estimate of drug-likeness (QED) is 0.308. The first-order valence-corrected chi connectivity index (χ1v) is 9.11. The Morgan fingerprint density at radius 2 is 1.41 bits per heavy atom. The average Bonchev–Trinajstić information content (AvgIpc) is 2.56. The number of benzene rings is 2. The molecule has 0 saturated carbocycles. The van der Waals surface area contributed by atoms with E-state index >= 15 is 0 Å². The Balaban J connectivity index is 1.92. The number of unbranched alkanes of at least 4 members (excludes halogenated alkanes) is 1. The predicted molar refractivity (Wildman–Crippen MR) is 88.3 cm³/mol. The first-order chi connectivity index (χ1) is 10.9. The van der Waals surface area contributed by atoms with Crippen LogP contribution in [0.2, 0.25) is 6.04 Å². The summed E-state index contributed by atoms with van der Waals surface area (Å²) < 4.78 is 12.1. The van der Waals surface area contributed by atoms with E-state index < -0.39 is 9.28 Å². The minimum atomic E-state index is -1.88. The highest BCUT2D eigenvalue weighted by Gasteiger charge is 2.17. The molecule has 0 unspecified atom stereocenters. The molecule has 0 aliphatic rings. The monoisotopic (exact) mass is 313 g/mol. The van der Waals surface area contributed by atoms with E-state index in [0.29, 0.717) is 6.54 Å². The van der Waals surface area contributed by atoms with Gasteiger partial charge in [-0.2, -0.15) is 0 Å². The minimum Gasteiger partial charge on any atom is -0.514 e. The van der Waals surface area contributed by atoms with Gasteiger partial charge in [0.1, 0.15) is 11.5 Å². The number of para-hydroxylation sites is 2. The van der Waals surface area contributed by atoms with Crippen LogP contribution in [0.4, 0.5) is 0 Å². The van der Waals surface area contributed by atoms with E-state index in [-0.39, 0.29) is 0 Å². The average molecular weight is 313 g/mol. The van der Waals surface area contributed by atoms with E-state index in [1.807, 2.05) is 60.7 Å². The van der Waals surface area contributed by atoms with Crippen molar-refractivity contribution in [1.82, 2.24) is 0 Å². The van der Waals surface area contributed by atoms with Crippen molar-refractivity contribution in [3.05, 3.63) is 60.7 Å². The third kappa shape index (κ3) is 5.95. The van der Waals surface area contributed by atoms with Crippen LogP contribution in [0.3, 0.4) is 0 Å². The van der Waals surface area contributed by atoms with E-state index in [2.05, 4.69) is 4.99 Å². The van der Waals surface area contributed by atoms with Crippen molar-refractivity contribution < 1.29 is 13.6 Å². The van der Waals surface area contributed by atoms with Gasteiger partial charge in [-0.25, -0.2) is 9.79 Å². The van der Waals surface area contributed by atoms with Crippen molar-refractivity contribution in [3.8, 4) is 11.5 Å². The van der Waals surface area contributed by atoms with Gasteiger partial charge in [-0.15, -0.1) is 0 Å². The first-order valence-electron chi connectivity index (χ1n) is 7.35. The molecule has 0 aliphatic carbocycles. The highest BCUT2D eigenvalue weighted by Crippen LogP contribution is 2.17. The van der Waals surface area contributed by atoms with Crippen LogP contribution < -0.4 is 8.85 Å². The molecule has 0 spiro atoms. The van der Waals surface area contributed by atoms with Crippen LogP contribution in [0.5, 0.6) is 11.5 Å². The van der Waals surface area contributed by atoms with E-state index in [4.69, 9.17) is 8.85 Å². The number of isocyanates is 1. The topological polar surface area (TPSA) is 47.9 Å². The summed E-state index contributed by atoms with van der Waals surface area (Å²) in [5.41, 5.74) is 0. The second-order valence-corrected chi connectivity index (χ2v) is 6.67. The maximum Gasteiger partial charge on any atom is 0.444 e. The van der Waals surface area contributed by atoms with Gasteiger partial charge in [-0.05, 0) is 37.1 Å². The lowest BCUT2D eigenvalue weighted by Crippen LogP contribution is -2.29. The second-order valence-electron chi connectivity index (χ2n) is 4.76. The Hall–Kier alpha value is -2.36. The maximum absolute atomic E-state index is 10.1. The van der Waals surface area contributed by atoms with Crippen LogP contribution in [0.15, 0.2) is 65.7 Å². The van der Waals surface area contributed by atoms with Crippen LogP contribution in [0.25, 0.3) is 0 Å². The lowest BCUT2D eigenvalue weighted by atomic mass is 10.3. The molecular formula is C17H19NO3Si. The third-order valence-electron chi connectivity index (χ3n) is 3.05. The lowest BCUT2D eigenvalue weighted by molar-refractivity contribution is 0.418. The molecule has 0 radical (unpaired) electrons. The summed E-state index contributed by atoms with van der Waals surface area (Å²) in [6.07, 6.45) is 3.32. The number of nitrogens with zero attached hydrogens (tertiary/aromatic N) is 1. The van der Waals surface area contributed by atoms with Gasteiger partial charge in [-0.3, -0.25) is 0 Å². The Labute approximate surface area is 132 Å². The predicted octanol–water partition coefficient (Wildman–Crippen LogP) is 3.48. The van der Waals surface area contributed by atoms with Crippen LogP contribution in [-0.2, 0) is 4.79 Å². The Kier molecular flexibility index (Phi) is 6.95. The molecule has 4 nitrogen and oxygen atoms in total. The standard InChI is InChI=1S/C17H19NO3Si/c19-15-18-13-7-8-14-22(20-16-9-3-1-4-10-16)21-17-11-5-2-6-12-17/h1-6,9-12,22H,7-8,13-14H2. The van der Waals surface area contributed by atoms with E-state index in [9.17, 15) is 4.79 Å². The number of hydrogen-bond donors (Lipinski definition) is 0. The highest BCUT2D eigenvalue weighted by molar-refractivity contribution is 6.46. The summed E-state index contributed by atoms with van der Waals surface area (Å²) in [5, 5.41) is 0. The summed E-state index contributed by atoms with van der Waals surface area (Å²) in [6.45, 7) is 0.515. The molecule has 2 aromatic carbocycles. The van der Waals surface area contributed by atoms with Crippen molar-refractivity contribution in [2.45, 2.75) is 18.9 Å². The normalized spacial score (nSPS) is 10.0. The lowest BCUT2D eigenvalue weighted by Gasteiger charge is -2.18. The Morgan fingerprint density at radius 3 is 1.91 bits per heavy atom. The van der Waals surface area contributed by atoms with Crippen LogP contribution in [-0.4, -0.2) is 21.9 Å². The fourth-order valence-corrected chi connectivity index (χ4v) is 3.82. The molecule has 2 aromatic rings. The molecule has 114 valence electrons. The van der Waals surface area contributed by atoms with Gasteiger partial charge in [-0.1, -0.05) is 36.4 Å². The fourth-order valence-electron chi connectivity index (χ4n) is 1.99. The van der Waals surface area contributed by atoms with Gasteiger partial charge in [0.05, 0.1) is 6.54 Å². The van der Waals surface area contributed by atoms with Gasteiger partial charge in [0.25, 0.3) is 0 Å². The SMILES string of the molecule is O=C=NCCCC[SiH](Oc1ccccc1)Oc1ccccc1. The smallest absolute Gasteiger partial charge is 0.444 e.